The molecule has 8 heteroatoms. The van der Waals surface area contributed by atoms with Crippen LogP contribution in [-0.2, 0) is 16.6 Å². The Morgan fingerprint density at radius 2 is 2.04 bits per heavy atom. The second kappa shape index (κ2) is 7.80. The van der Waals surface area contributed by atoms with Gasteiger partial charge in [0.15, 0.2) is 5.69 Å². The van der Waals surface area contributed by atoms with Crippen LogP contribution in [0.4, 0.5) is 10.1 Å². The van der Waals surface area contributed by atoms with Gasteiger partial charge < -0.3 is 5.32 Å². The predicted molar refractivity (Wildman–Crippen MR) is 101 cm³/mol. The summed E-state index contributed by atoms with van der Waals surface area (Å²) in [7, 11) is -1.05. The van der Waals surface area contributed by atoms with Crippen molar-refractivity contribution in [1.82, 2.24) is 9.78 Å². The maximum atomic E-state index is 13.8. The number of anilines is 1. The molecule has 2 aromatic carbocycles. The van der Waals surface area contributed by atoms with Crippen LogP contribution in [-0.4, -0.2) is 26.2 Å². The minimum atomic E-state index is -1.05. The van der Waals surface area contributed by atoms with Crippen LogP contribution < -0.4 is 5.32 Å². The van der Waals surface area contributed by atoms with Gasteiger partial charge in [0.1, 0.15) is 11.5 Å². The average molecular weight is 392 g/mol. The molecule has 134 valence electrons. The molecule has 3 rings (SSSR count). The van der Waals surface area contributed by atoms with E-state index in [0.29, 0.717) is 22.0 Å². The van der Waals surface area contributed by atoms with E-state index in [1.165, 1.54) is 23.0 Å². The lowest BCUT2D eigenvalue weighted by molar-refractivity contribution is 0.102. The second-order valence-corrected chi connectivity index (χ2v) is 7.42. The zero-order valence-electron chi connectivity index (χ0n) is 13.8. The van der Waals surface area contributed by atoms with Crippen LogP contribution in [0.3, 0.4) is 0 Å². The van der Waals surface area contributed by atoms with Crippen LogP contribution >= 0.6 is 11.6 Å². The van der Waals surface area contributed by atoms with Crippen molar-refractivity contribution in [3.8, 4) is 5.69 Å². The van der Waals surface area contributed by atoms with E-state index in [4.69, 9.17) is 11.6 Å². The molecule has 1 N–H and O–H groups in total. The summed E-state index contributed by atoms with van der Waals surface area (Å²) in [6.45, 7) is 0. The van der Waals surface area contributed by atoms with Crippen molar-refractivity contribution >= 4 is 34.0 Å². The number of nitrogens with zero attached hydrogens (tertiary/aromatic N) is 2. The van der Waals surface area contributed by atoms with Crippen molar-refractivity contribution < 1.29 is 13.4 Å². The van der Waals surface area contributed by atoms with Crippen molar-refractivity contribution in [2.75, 3.05) is 11.6 Å². The Labute approximate surface area is 157 Å². The third-order valence-electron chi connectivity index (χ3n) is 3.58. The van der Waals surface area contributed by atoms with Crippen LogP contribution in [0.15, 0.2) is 54.7 Å². The highest BCUT2D eigenvalue weighted by Crippen LogP contribution is 2.22. The number of carbonyl (C=O) groups excluding carboxylic acids is 1. The molecule has 0 saturated carbocycles. The minimum Gasteiger partial charge on any atom is -0.321 e. The van der Waals surface area contributed by atoms with Gasteiger partial charge in [-0.2, -0.15) is 5.10 Å². The summed E-state index contributed by atoms with van der Waals surface area (Å²) in [5.41, 5.74) is 1.59. The lowest BCUT2D eigenvalue weighted by atomic mass is 10.2. The Kier molecular flexibility index (Phi) is 5.49. The van der Waals surface area contributed by atoms with Crippen molar-refractivity contribution in [3.63, 3.8) is 0 Å². The molecular formula is C18H15ClFN3O2S. The summed E-state index contributed by atoms with van der Waals surface area (Å²) in [4.78, 5) is 12.4. The number of nitrogens with one attached hydrogen (secondary N) is 1. The lowest BCUT2D eigenvalue weighted by Gasteiger charge is -2.08. The van der Waals surface area contributed by atoms with Gasteiger partial charge in [-0.05, 0) is 42.0 Å². The van der Waals surface area contributed by atoms with Crippen molar-refractivity contribution in [3.05, 3.63) is 76.8 Å². The van der Waals surface area contributed by atoms with E-state index in [2.05, 4.69) is 10.4 Å². The fraction of sp³-hybridized carbons (Fsp3) is 0.111. The Morgan fingerprint density at radius 1 is 1.27 bits per heavy atom. The molecule has 1 amide bonds. The third-order valence-corrected chi connectivity index (χ3v) is 4.67. The quantitative estimate of drug-likeness (QED) is 0.719. The van der Waals surface area contributed by atoms with Crippen LogP contribution in [0, 0.1) is 5.82 Å². The number of rotatable bonds is 5. The van der Waals surface area contributed by atoms with Crippen molar-refractivity contribution in [2.45, 2.75) is 5.75 Å². The molecule has 0 fully saturated rings. The molecule has 0 bridgehead atoms. The molecule has 0 spiro atoms. The van der Waals surface area contributed by atoms with Crippen LogP contribution in [0.1, 0.15) is 16.1 Å². The van der Waals surface area contributed by atoms with Crippen LogP contribution in [0.25, 0.3) is 5.69 Å². The second-order valence-electron chi connectivity index (χ2n) is 5.57. The largest absolute Gasteiger partial charge is 0.321 e. The van der Waals surface area contributed by atoms with Gasteiger partial charge in [0.25, 0.3) is 5.91 Å². The topological polar surface area (TPSA) is 64.0 Å². The fourth-order valence-electron chi connectivity index (χ4n) is 2.39. The molecule has 1 heterocycles. The molecule has 0 saturated heterocycles. The molecule has 0 radical (unpaired) electrons. The van der Waals surface area contributed by atoms with Gasteiger partial charge in [0.2, 0.25) is 0 Å². The normalized spacial score (nSPS) is 12.0. The van der Waals surface area contributed by atoms with Gasteiger partial charge in [0.05, 0.1) is 0 Å². The first-order valence-electron chi connectivity index (χ1n) is 7.64. The maximum absolute atomic E-state index is 13.8. The van der Waals surface area contributed by atoms with E-state index < -0.39 is 22.5 Å². The Balaban J connectivity index is 1.79. The van der Waals surface area contributed by atoms with Gasteiger partial charge in [-0.1, -0.05) is 23.7 Å². The summed E-state index contributed by atoms with van der Waals surface area (Å²) < 4.78 is 26.5. The smallest absolute Gasteiger partial charge is 0.276 e. The van der Waals surface area contributed by atoms with E-state index in [0.717, 1.165) is 0 Å². The molecule has 1 atom stereocenters. The van der Waals surface area contributed by atoms with Gasteiger partial charge in [-0.25, -0.2) is 9.07 Å². The number of amides is 1. The van der Waals surface area contributed by atoms with Gasteiger partial charge in [-0.15, -0.1) is 0 Å². The Hall–Kier alpha value is -2.51. The summed E-state index contributed by atoms with van der Waals surface area (Å²) in [5, 5.41) is 7.32. The predicted octanol–water partition coefficient (Wildman–Crippen LogP) is 3.80. The first-order chi connectivity index (χ1) is 12.4. The van der Waals surface area contributed by atoms with Gasteiger partial charge >= 0.3 is 0 Å². The maximum Gasteiger partial charge on any atom is 0.276 e. The zero-order chi connectivity index (χ0) is 18.7. The molecule has 3 aromatic rings. The molecule has 0 aliphatic rings. The number of hydrogen-bond donors (Lipinski definition) is 1. The fourth-order valence-corrected chi connectivity index (χ4v) is 3.33. The lowest BCUT2D eigenvalue weighted by Crippen LogP contribution is -2.13. The molecule has 0 unspecified atom stereocenters. The van der Waals surface area contributed by atoms with E-state index >= 15 is 0 Å². The number of aromatic nitrogens is 2. The van der Waals surface area contributed by atoms with Crippen LogP contribution in [0.5, 0.6) is 0 Å². The third kappa shape index (κ3) is 4.17. The highest BCUT2D eigenvalue weighted by atomic mass is 35.5. The number of benzene rings is 2. The van der Waals surface area contributed by atoms with Crippen LogP contribution in [0.2, 0.25) is 5.02 Å². The molecular weight excluding hydrogens is 377 g/mol. The summed E-state index contributed by atoms with van der Waals surface area (Å²) in [6.07, 6.45) is 3.10. The first-order valence-corrected chi connectivity index (χ1v) is 9.75. The number of carbonyl (C=O) groups is 1. The van der Waals surface area contributed by atoms with E-state index in [1.54, 1.807) is 42.7 Å². The highest BCUT2D eigenvalue weighted by Gasteiger charge is 2.13. The van der Waals surface area contributed by atoms with Gasteiger partial charge in [0, 0.05) is 39.7 Å². The molecule has 0 aliphatic carbocycles. The SMILES string of the molecule is C[S@@](=O)Cc1cc(NC(=O)c2ccn(-c3ccccc3F)n2)ccc1Cl. The summed E-state index contributed by atoms with van der Waals surface area (Å²) in [5.74, 6) is -0.576. The Bertz CT molecular complexity index is 990. The van der Waals surface area contributed by atoms with Crippen molar-refractivity contribution in [1.29, 1.82) is 0 Å². The monoisotopic (exact) mass is 391 g/mol. The first kappa shape index (κ1) is 18.3. The van der Waals surface area contributed by atoms with E-state index in [9.17, 15) is 13.4 Å². The highest BCUT2D eigenvalue weighted by molar-refractivity contribution is 7.83. The Morgan fingerprint density at radius 3 is 2.77 bits per heavy atom. The number of para-hydroxylation sites is 1. The number of hydrogen-bond acceptors (Lipinski definition) is 3. The van der Waals surface area contributed by atoms with E-state index in [-0.39, 0.29) is 11.4 Å². The number of halogens is 2. The zero-order valence-corrected chi connectivity index (χ0v) is 15.4. The average Bonchev–Trinajstić information content (AvgIpc) is 3.08. The molecule has 5 nitrogen and oxygen atoms in total. The summed E-state index contributed by atoms with van der Waals surface area (Å²) >= 11 is 6.08. The molecule has 1 aromatic heterocycles. The minimum absolute atomic E-state index is 0.142. The standard InChI is InChI=1S/C18H15ClFN3O2S/c1-26(25)11-12-10-13(6-7-14(12)19)21-18(24)16-8-9-23(22-16)17-5-3-2-4-15(17)20/h2-10H,11H2,1H3,(H,21,24)/t26-/m1/s1. The van der Waals surface area contributed by atoms with Gasteiger partial charge in [-0.3, -0.25) is 9.00 Å². The van der Waals surface area contributed by atoms with Crippen molar-refractivity contribution in [2.24, 2.45) is 0 Å². The molecule has 26 heavy (non-hydrogen) atoms. The van der Waals surface area contributed by atoms with E-state index in [1.807, 2.05) is 0 Å². The summed E-state index contributed by atoms with van der Waals surface area (Å²) in [6, 6.07) is 12.6. The molecule has 0 aliphatic heterocycles.